The van der Waals surface area contributed by atoms with Crippen molar-refractivity contribution in [1.29, 1.82) is 0 Å². The summed E-state index contributed by atoms with van der Waals surface area (Å²) in [7, 11) is 4.58. The molecule has 2 aliphatic rings. The summed E-state index contributed by atoms with van der Waals surface area (Å²) < 4.78 is 28.8. The highest BCUT2D eigenvalue weighted by atomic mass is 32.1. The first-order valence-electron chi connectivity index (χ1n) is 12.7. The Morgan fingerprint density at radius 3 is 2.48 bits per heavy atom. The highest BCUT2D eigenvalue weighted by molar-refractivity contribution is 7.22. The van der Waals surface area contributed by atoms with E-state index in [-0.39, 0.29) is 25.0 Å². The van der Waals surface area contributed by atoms with Gasteiger partial charge in [-0.3, -0.25) is 9.59 Å². The highest BCUT2D eigenvalue weighted by Gasteiger charge is 2.43. The summed E-state index contributed by atoms with van der Waals surface area (Å²) in [5.74, 6) is 1.42. The number of piperidine rings is 1. The lowest BCUT2D eigenvalue weighted by atomic mass is 9.83. The van der Waals surface area contributed by atoms with Crippen LogP contribution in [0.3, 0.4) is 0 Å². The minimum Gasteiger partial charge on any atom is -0.493 e. The Kier molecular flexibility index (Phi) is 6.81. The van der Waals surface area contributed by atoms with E-state index in [1.807, 2.05) is 24.3 Å². The molecule has 1 N–H and O–H groups in total. The molecule has 3 aromatic carbocycles. The minimum atomic E-state index is -0.690. The molecule has 2 unspecified atom stereocenters. The number of nitrogens with zero attached hydrogens (tertiary/aromatic N) is 2. The topological polar surface area (TPSA) is 108 Å². The van der Waals surface area contributed by atoms with Crippen molar-refractivity contribution in [3.05, 3.63) is 60.2 Å². The van der Waals surface area contributed by atoms with E-state index in [4.69, 9.17) is 23.7 Å². The SMILES string of the molecule is COc1cc(C2C(C(=O)Nc3nc4ccccc4s3)CCC(=O)N2c2ccc3c(c2)OCO3)cc(OC)c1OC. The number of benzene rings is 3. The molecule has 2 aliphatic heterocycles. The van der Waals surface area contributed by atoms with Crippen molar-refractivity contribution in [2.75, 3.05) is 38.3 Å². The fraction of sp³-hybridized carbons (Fsp3) is 0.276. The molecule has 0 aliphatic carbocycles. The number of methoxy groups -OCH3 is 3. The van der Waals surface area contributed by atoms with E-state index in [2.05, 4.69) is 10.3 Å². The van der Waals surface area contributed by atoms with Crippen LogP contribution in [0.25, 0.3) is 10.2 Å². The number of amides is 2. The van der Waals surface area contributed by atoms with Crippen LogP contribution in [0, 0.1) is 5.92 Å². The zero-order valence-corrected chi connectivity index (χ0v) is 22.9. The van der Waals surface area contributed by atoms with Crippen LogP contribution in [0.1, 0.15) is 24.4 Å². The van der Waals surface area contributed by atoms with Crippen LogP contribution >= 0.6 is 11.3 Å². The minimum absolute atomic E-state index is 0.107. The standard InChI is InChI=1S/C29H27N3O7S/c1-35-22-12-16(13-23(36-2)27(22)37-3)26-18(28(34)31-29-30-19-6-4-5-7-24(19)40-29)9-11-25(33)32(26)17-8-10-20-21(14-17)39-15-38-20/h4-8,10,12-14,18,26H,9,11,15H2,1-3H3,(H,30,31,34). The summed E-state index contributed by atoms with van der Waals surface area (Å²) in [5, 5.41) is 3.51. The summed E-state index contributed by atoms with van der Waals surface area (Å²) in [6.07, 6.45) is 0.533. The smallest absolute Gasteiger partial charge is 0.231 e. The summed E-state index contributed by atoms with van der Waals surface area (Å²) >= 11 is 1.40. The van der Waals surface area contributed by atoms with Gasteiger partial charge in [-0.05, 0) is 48.4 Å². The van der Waals surface area contributed by atoms with E-state index in [0.29, 0.717) is 51.6 Å². The molecule has 1 saturated heterocycles. The van der Waals surface area contributed by atoms with Crippen LogP contribution < -0.4 is 33.9 Å². The molecular formula is C29H27N3O7S. The molecule has 11 heteroatoms. The number of para-hydroxylation sites is 1. The lowest BCUT2D eigenvalue weighted by molar-refractivity contribution is -0.125. The van der Waals surface area contributed by atoms with Crippen LogP contribution in [0.5, 0.6) is 28.7 Å². The fourth-order valence-electron chi connectivity index (χ4n) is 5.28. The lowest BCUT2D eigenvalue weighted by Crippen LogP contribution is -2.47. The van der Waals surface area contributed by atoms with Crippen LogP contribution in [0.4, 0.5) is 10.8 Å². The van der Waals surface area contributed by atoms with Crippen molar-refractivity contribution in [2.24, 2.45) is 5.92 Å². The Morgan fingerprint density at radius 2 is 1.75 bits per heavy atom. The van der Waals surface area contributed by atoms with Gasteiger partial charge in [-0.2, -0.15) is 0 Å². The number of rotatable bonds is 7. The maximum absolute atomic E-state index is 13.9. The highest BCUT2D eigenvalue weighted by Crippen LogP contribution is 2.47. The summed E-state index contributed by atoms with van der Waals surface area (Å²) in [6.45, 7) is 0.107. The predicted octanol–water partition coefficient (Wildman–Crippen LogP) is 5.17. The van der Waals surface area contributed by atoms with Crippen molar-refractivity contribution < 1.29 is 33.3 Å². The number of fused-ring (bicyclic) bond motifs is 2. The average Bonchev–Trinajstić information content (AvgIpc) is 3.62. The third kappa shape index (κ3) is 4.51. The van der Waals surface area contributed by atoms with Gasteiger partial charge in [0.05, 0.1) is 43.5 Å². The van der Waals surface area contributed by atoms with Gasteiger partial charge in [0.15, 0.2) is 28.1 Å². The number of ether oxygens (including phenoxy) is 5. The van der Waals surface area contributed by atoms with Crippen molar-refractivity contribution in [1.82, 2.24) is 4.98 Å². The molecule has 4 aromatic rings. The quantitative estimate of drug-likeness (QED) is 0.329. The van der Waals surface area contributed by atoms with Gasteiger partial charge in [0, 0.05) is 18.2 Å². The number of carbonyl (C=O) groups excluding carboxylic acids is 2. The summed E-state index contributed by atoms with van der Waals surface area (Å²) in [5.41, 5.74) is 2.06. The normalized spacial score (nSPS) is 18.1. The molecule has 2 atom stereocenters. The first-order chi connectivity index (χ1) is 19.5. The van der Waals surface area contributed by atoms with Gasteiger partial charge in [-0.15, -0.1) is 0 Å². The first kappa shape index (κ1) is 25.8. The zero-order chi connectivity index (χ0) is 27.8. The van der Waals surface area contributed by atoms with Gasteiger partial charge >= 0.3 is 0 Å². The predicted molar refractivity (Wildman–Crippen MR) is 150 cm³/mol. The second kappa shape index (κ2) is 10.6. The monoisotopic (exact) mass is 561 g/mol. The van der Waals surface area contributed by atoms with Crippen molar-refractivity contribution in [2.45, 2.75) is 18.9 Å². The van der Waals surface area contributed by atoms with Gasteiger partial charge in [-0.25, -0.2) is 4.98 Å². The van der Waals surface area contributed by atoms with Crippen molar-refractivity contribution >= 4 is 44.2 Å². The summed E-state index contributed by atoms with van der Waals surface area (Å²) in [4.78, 5) is 33.7. The summed E-state index contributed by atoms with van der Waals surface area (Å²) in [6, 6.07) is 15.9. The largest absolute Gasteiger partial charge is 0.493 e. The van der Waals surface area contributed by atoms with Gasteiger partial charge in [0.25, 0.3) is 0 Å². The Bertz CT molecular complexity index is 1550. The molecule has 3 heterocycles. The first-order valence-corrected chi connectivity index (χ1v) is 13.5. The number of anilines is 2. The van der Waals surface area contributed by atoms with Crippen molar-refractivity contribution in [3.8, 4) is 28.7 Å². The lowest BCUT2D eigenvalue weighted by Gasteiger charge is -2.41. The molecule has 2 amide bonds. The number of nitrogens with one attached hydrogen (secondary N) is 1. The Balaban J connectivity index is 1.45. The molecule has 0 spiro atoms. The van der Waals surface area contributed by atoms with Crippen LogP contribution in [-0.4, -0.2) is 44.9 Å². The third-order valence-electron chi connectivity index (χ3n) is 7.12. The zero-order valence-electron chi connectivity index (χ0n) is 22.1. The second-order valence-corrected chi connectivity index (χ2v) is 10.4. The molecule has 0 radical (unpaired) electrons. The maximum atomic E-state index is 13.9. The van der Waals surface area contributed by atoms with E-state index < -0.39 is 12.0 Å². The van der Waals surface area contributed by atoms with E-state index >= 15 is 0 Å². The van der Waals surface area contributed by atoms with Gasteiger partial charge in [0.2, 0.25) is 24.4 Å². The molecule has 10 nitrogen and oxygen atoms in total. The number of aromatic nitrogens is 1. The van der Waals surface area contributed by atoms with Crippen LogP contribution in [0.2, 0.25) is 0 Å². The molecule has 0 bridgehead atoms. The van der Waals surface area contributed by atoms with Gasteiger partial charge in [-0.1, -0.05) is 23.5 Å². The third-order valence-corrected chi connectivity index (χ3v) is 8.07. The Hall–Kier alpha value is -4.51. The van der Waals surface area contributed by atoms with Gasteiger partial charge in [0.1, 0.15) is 0 Å². The second-order valence-electron chi connectivity index (χ2n) is 9.33. The van der Waals surface area contributed by atoms with Crippen LogP contribution in [0.15, 0.2) is 54.6 Å². The number of hydrogen-bond donors (Lipinski definition) is 1. The van der Waals surface area contributed by atoms with E-state index in [1.54, 1.807) is 35.2 Å². The maximum Gasteiger partial charge on any atom is 0.231 e. The van der Waals surface area contributed by atoms with E-state index in [9.17, 15) is 9.59 Å². The van der Waals surface area contributed by atoms with Crippen molar-refractivity contribution in [3.63, 3.8) is 0 Å². The molecule has 40 heavy (non-hydrogen) atoms. The molecule has 6 rings (SSSR count). The number of carbonyl (C=O) groups is 2. The Morgan fingerprint density at radius 1 is 1.00 bits per heavy atom. The molecule has 206 valence electrons. The molecule has 1 fully saturated rings. The Labute approximate surface area is 234 Å². The molecule has 1 aromatic heterocycles. The van der Waals surface area contributed by atoms with Crippen LogP contribution in [-0.2, 0) is 9.59 Å². The molecule has 0 saturated carbocycles. The van der Waals surface area contributed by atoms with Gasteiger partial charge < -0.3 is 33.9 Å². The van der Waals surface area contributed by atoms with E-state index in [0.717, 1.165) is 10.2 Å². The average molecular weight is 562 g/mol. The number of thiazole rings is 1. The van der Waals surface area contributed by atoms with E-state index in [1.165, 1.54) is 32.7 Å². The molecular weight excluding hydrogens is 534 g/mol. The fourth-order valence-corrected chi connectivity index (χ4v) is 6.15. The number of hydrogen-bond acceptors (Lipinski definition) is 9.